The van der Waals surface area contributed by atoms with Crippen LogP contribution in [0.25, 0.3) is 11.3 Å². The van der Waals surface area contributed by atoms with Crippen molar-refractivity contribution in [2.75, 3.05) is 26.2 Å². The largest absolute Gasteiger partial charge is 0.353 e. The minimum atomic E-state index is 0.0217. The van der Waals surface area contributed by atoms with Crippen molar-refractivity contribution in [2.45, 2.75) is 50.6 Å². The first-order valence-corrected chi connectivity index (χ1v) is 11.6. The molecule has 1 atom stereocenters. The normalized spacial score (nSPS) is 23.0. The number of amides is 2. The van der Waals surface area contributed by atoms with Gasteiger partial charge in [0.25, 0.3) is 5.91 Å². The lowest BCUT2D eigenvalue weighted by Gasteiger charge is -2.42. The minimum absolute atomic E-state index is 0.0217. The van der Waals surface area contributed by atoms with E-state index in [-0.39, 0.29) is 17.7 Å². The fourth-order valence-electron chi connectivity index (χ4n) is 4.89. The fourth-order valence-corrected chi connectivity index (χ4v) is 4.89. The fraction of sp³-hybridized carbons (Fsp3) is 0.542. The molecule has 2 aliphatic heterocycles. The van der Waals surface area contributed by atoms with Crippen molar-refractivity contribution in [3.63, 3.8) is 0 Å². The third kappa shape index (κ3) is 4.66. The van der Waals surface area contributed by atoms with Gasteiger partial charge in [0.05, 0.1) is 11.6 Å². The number of H-pyrrole nitrogens is 1. The number of hydrogen-bond donors (Lipinski definition) is 2. The number of rotatable bonds is 5. The SMILES string of the molecule is O=C(NC1CC1)[C@H]1CCCN(C2CCN(C(=O)c3cc(-c4ccccc4)n[nH]3)CC2)C1. The summed E-state index contributed by atoms with van der Waals surface area (Å²) < 4.78 is 0. The molecule has 0 bridgehead atoms. The van der Waals surface area contributed by atoms with Gasteiger partial charge in [0, 0.05) is 37.3 Å². The van der Waals surface area contributed by atoms with E-state index in [2.05, 4.69) is 20.4 Å². The summed E-state index contributed by atoms with van der Waals surface area (Å²) in [7, 11) is 0. The Bertz CT molecular complexity index is 915. The summed E-state index contributed by atoms with van der Waals surface area (Å²) in [6.45, 7) is 3.42. The molecular formula is C24H31N5O2. The molecular weight excluding hydrogens is 390 g/mol. The quantitative estimate of drug-likeness (QED) is 0.778. The van der Waals surface area contributed by atoms with E-state index in [0.717, 1.165) is 76.0 Å². The summed E-state index contributed by atoms with van der Waals surface area (Å²) >= 11 is 0. The van der Waals surface area contributed by atoms with Gasteiger partial charge in [-0.25, -0.2) is 0 Å². The van der Waals surface area contributed by atoms with Gasteiger partial charge in [-0.2, -0.15) is 5.10 Å². The smallest absolute Gasteiger partial charge is 0.271 e. The summed E-state index contributed by atoms with van der Waals surface area (Å²) in [6, 6.07) is 12.6. The van der Waals surface area contributed by atoms with Gasteiger partial charge in [-0.1, -0.05) is 30.3 Å². The van der Waals surface area contributed by atoms with Gasteiger partial charge in [-0.05, 0) is 51.1 Å². The topological polar surface area (TPSA) is 81.3 Å². The van der Waals surface area contributed by atoms with Crippen LogP contribution in [0.4, 0.5) is 0 Å². The van der Waals surface area contributed by atoms with Crippen molar-refractivity contribution in [3.8, 4) is 11.3 Å². The Hall–Kier alpha value is -2.67. The highest BCUT2D eigenvalue weighted by atomic mass is 16.2. The molecule has 3 heterocycles. The first-order chi connectivity index (χ1) is 15.2. The third-order valence-corrected chi connectivity index (χ3v) is 6.89. The molecule has 2 saturated heterocycles. The number of piperidine rings is 2. The average Bonchev–Trinajstić information content (AvgIpc) is 3.50. The minimum Gasteiger partial charge on any atom is -0.353 e. The molecule has 164 valence electrons. The van der Waals surface area contributed by atoms with Crippen LogP contribution in [0.3, 0.4) is 0 Å². The average molecular weight is 422 g/mol. The number of likely N-dealkylation sites (tertiary alicyclic amines) is 2. The van der Waals surface area contributed by atoms with E-state index in [9.17, 15) is 9.59 Å². The van der Waals surface area contributed by atoms with E-state index >= 15 is 0 Å². The van der Waals surface area contributed by atoms with Gasteiger partial charge in [0.1, 0.15) is 5.69 Å². The van der Waals surface area contributed by atoms with Crippen molar-refractivity contribution >= 4 is 11.8 Å². The van der Waals surface area contributed by atoms with Crippen LogP contribution in [0.1, 0.15) is 49.0 Å². The van der Waals surface area contributed by atoms with Crippen LogP contribution in [0.15, 0.2) is 36.4 Å². The number of aromatic amines is 1. The molecule has 2 aromatic rings. The van der Waals surface area contributed by atoms with Crippen molar-refractivity contribution < 1.29 is 9.59 Å². The summed E-state index contributed by atoms with van der Waals surface area (Å²) in [5, 5.41) is 10.4. The maximum absolute atomic E-state index is 13.0. The Labute approximate surface area is 183 Å². The van der Waals surface area contributed by atoms with Crippen LogP contribution in [-0.2, 0) is 4.79 Å². The zero-order chi connectivity index (χ0) is 21.2. The zero-order valence-corrected chi connectivity index (χ0v) is 17.9. The standard InChI is InChI=1S/C24H31N5O2/c30-23(25-19-8-9-19)18-7-4-12-29(16-18)20-10-13-28(14-11-20)24(31)22-15-21(26-27-22)17-5-2-1-3-6-17/h1-3,5-6,15,18-20H,4,7-14,16H2,(H,25,30)(H,26,27)/t18-/m0/s1. The molecule has 7 nitrogen and oxygen atoms in total. The third-order valence-electron chi connectivity index (χ3n) is 6.89. The summed E-state index contributed by atoms with van der Waals surface area (Å²) in [4.78, 5) is 29.9. The van der Waals surface area contributed by atoms with Crippen molar-refractivity contribution in [1.29, 1.82) is 0 Å². The lowest BCUT2D eigenvalue weighted by molar-refractivity contribution is -0.127. The van der Waals surface area contributed by atoms with Crippen LogP contribution in [0.5, 0.6) is 0 Å². The molecule has 7 heteroatoms. The molecule has 1 aromatic carbocycles. The summed E-state index contributed by atoms with van der Waals surface area (Å²) in [5.41, 5.74) is 2.34. The molecule has 0 unspecified atom stereocenters. The Morgan fingerprint density at radius 3 is 2.52 bits per heavy atom. The van der Waals surface area contributed by atoms with Gasteiger partial charge in [-0.15, -0.1) is 0 Å². The van der Waals surface area contributed by atoms with Crippen LogP contribution in [0.2, 0.25) is 0 Å². The first-order valence-electron chi connectivity index (χ1n) is 11.6. The molecule has 1 saturated carbocycles. The van der Waals surface area contributed by atoms with Crippen molar-refractivity contribution in [2.24, 2.45) is 5.92 Å². The molecule has 3 aliphatic rings. The molecule has 1 aromatic heterocycles. The number of carbonyl (C=O) groups is 2. The zero-order valence-electron chi connectivity index (χ0n) is 17.9. The molecule has 0 spiro atoms. The Balaban J connectivity index is 1.14. The van der Waals surface area contributed by atoms with Gasteiger partial charge in [0.2, 0.25) is 5.91 Å². The lowest BCUT2D eigenvalue weighted by atomic mass is 9.93. The van der Waals surface area contributed by atoms with E-state index in [1.54, 1.807) is 0 Å². The van der Waals surface area contributed by atoms with E-state index in [1.807, 2.05) is 41.3 Å². The highest BCUT2D eigenvalue weighted by Crippen LogP contribution is 2.26. The van der Waals surface area contributed by atoms with Crippen LogP contribution in [0, 0.1) is 5.92 Å². The molecule has 5 rings (SSSR count). The van der Waals surface area contributed by atoms with Crippen LogP contribution < -0.4 is 5.32 Å². The molecule has 2 N–H and O–H groups in total. The monoisotopic (exact) mass is 421 g/mol. The second kappa shape index (κ2) is 8.83. The molecule has 3 fully saturated rings. The van der Waals surface area contributed by atoms with Gasteiger partial charge < -0.3 is 10.2 Å². The number of aromatic nitrogens is 2. The number of hydrogen-bond acceptors (Lipinski definition) is 4. The predicted molar refractivity (Wildman–Crippen MR) is 118 cm³/mol. The summed E-state index contributed by atoms with van der Waals surface area (Å²) in [5.74, 6) is 0.386. The second-order valence-electron chi connectivity index (χ2n) is 9.17. The van der Waals surface area contributed by atoms with E-state index in [1.165, 1.54) is 0 Å². The van der Waals surface area contributed by atoms with E-state index in [0.29, 0.717) is 17.8 Å². The van der Waals surface area contributed by atoms with Crippen molar-refractivity contribution in [1.82, 2.24) is 25.3 Å². The first kappa shape index (κ1) is 20.2. The van der Waals surface area contributed by atoms with Crippen LogP contribution in [-0.4, -0.2) is 70.1 Å². The van der Waals surface area contributed by atoms with E-state index in [4.69, 9.17) is 0 Å². The number of nitrogens with one attached hydrogen (secondary N) is 2. The Morgan fingerprint density at radius 1 is 1.00 bits per heavy atom. The predicted octanol–water partition coefficient (Wildman–Crippen LogP) is 2.67. The summed E-state index contributed by atoms with van der Waals surface area (Å²) in [6.07, 6.45) is 6.27. The molecule has 2 amide bonds. The Kier molecular flexibility index (Phi) is 5.76. The highest BCUT2D eigenvalue weighted by Gasteiger charge is 2.34. The van der Waals surface area contributed by atoms with Gasteiger partial charge in [0.15, 0.2) is 0 Å². The number of carbonyl (C=O) groups excluding carboxylic acids is 2. The molecule has 0 radical (unpaired) electrons. The maximum Gasteiger partial charge on any atom is 0.271 e. The van der Waals surface area contributed by atoms with Crippen LogP contribution >= 0.6 is 0 Å². The van der Waals surface area contributed by atoms with Crippen molar-refractivity contribution in [3.05, 3.63) is 42.1 Å². The van der Waals surface area contributed by atoms with Gasteiger partial charge >= 0.3 is 0 Å². The van der Waals surface area contributed by atoms with E-state index < -0.39 is 0 Å². The van der Waals surface area contributed by atoms with Gasteiger partial charge in [-0.3, -0.25) is 19.6 Å². The second-order valence-corrected chi connectivity index (χ2v) is 9.17. The number of benzene rings is 1. The Morgan fingerprint density at radius 2 is 1.77 bits per heavy atom. The molecule has 31 heavy (non-hydrogen) atoms. The lowest BCUT2D eigenvalue weighted by Crippen LogP contribution is -2.51. The molecule has 1 aliphatic carbocycles. The maximum atomic E-state index is 13.0. The highest BCUT2D eigenvalue weighted by molar-refractivity contribution is 5.93. The number of nitrogens with zero attached hydrogens (tertiary/aromatic N) is 3.